The molecule has 22 heavy (non-hydrogen) atoms. The minimum atomic E-state index is -3.72. The molecule has 2 rings (SSSR count). The minimum absolute atomic E-state index is 0.00831. The molecule has 1 aliphatic rings. The molecule has 0 unspecified atom stereocenters. The molecular weight excluding hydrogens is 308 g/mol. The summed E-state index contributed by atoms with van der Waals surface area (Å²) < 4.78 is 26.8. The number of sulfonamides is 1. The van der Waals surface area contributed by atoms with E-state index in [2.05, 4.69) is 4.90 Å². The highest BCUT2D eigenvalue weighted by atomic mass is 32.2. The molecule has 1 saturated heterocycles. The van der Waals surface area contributed by atoms with Crippen LogP contribution in [0.1, 0.15) is 5.56 Å². The molecule has 0 atom stereocenters. The summed E-state index contributed by atoms with van der Waals surface area (Å²) >= 11 is 0. The van der Waals surface area contributed by atoms with Crippen molar-refractivity contribution in [3.05, 3.63) is 33.9 Å². The lowest BCUT2D eigenvalue weighted by Gasteiger charge is -2.33. The fourth-order valence-corrected chi connectivity index (χ4v) is 4.16. The van der Waals surface area contributed by atoms with E-state index in [-0.39, 0.29) is 10.6 Å². The van der Waals surface area contributed by atoms with Crippen LogP contribution in [0.15, 0.2) is 23.1 Å². The average molecular weight is 328 g/mol. The number of nitrogens with two attached hydrogens (primary N) is 1. The number of piperazine rings is 1. The van der Waals surface area contributed by atoms with Crippen LogP contribution < -0.4 is 5.73 Å². The van der Waals surface area contributed by atoms with E-state index in [1.54, 1.807) is 6.92 Å². The summed E-state index contributed by atoms with van der Waals surface area (Å²) in [7, 11) is -3.72. The van der Waals surface area contributed by atoms with Crippen molar-refractivity contribution in [3.8, 4) is 0 Å². The van der Waals surface area contributed by atoms with Crippen LogP contribution >= 0.6 is 0 Å². The lowest BCUT2D eigenvalue weighted by Crippen LogP contribution is -2.49. The van der Waals surface area contributed by atoms with Gasteiger partial charge in [0.05, 0.1) is 9.82 Å². The fourth-order valence-electron chi connectivity index (χ4n) is 2.50. The molecule has 0 bridgehead atoms. The van der Waals surface area contributed by atoms with Gasteiger partial charge in [0.2, 0.25) is 10.0 Å². The highest BCUT2D eigenvalue weighted by Gasteiger charge is 2.30. The number of benzene rings is 1. The number of nitrogens with zero attached hydrogens (tertiary/aromatic N) is 3. The average Bonchev–Trinajstić information content (AvgIpc) is 2.48. The van der Waals surface area contributed by atoms with E-state index in [1.807, 2.05) is 0 Å². The van der Waals surface area contributed by atoms with Crippen molar-refractivity contribution < 1.29 is 13.3 Å². The summed E-state index contributed by atoms with van der Waals surface area (Å²) in [6, 6.07) is 3.92. The van der Waals surface area contributed by atoms with Gasteiger partial charge in [0, 0.05) is 51.4 Å². The van der Waals surface area contributed by atoms with Crippen LogP contribution in [-0.2, 0) is 10.0 Å². The summed E-state index contributed by atoms with van der Waals surface area (Å²) in [5.74, 6) is 0. The zero-order chi connectivity index (χ0) is 16.3. The summed E-state index contributed by atoms with van der Waals surface area (Å²) in [6.45, 7) is 4.88. The highest BCUT2D eigenvalue weighted by Crippen LogP contribution is 2.25. The monoisotopic (exact) mass is 328 g/mol. The van der Waals surface area contributed by atoms with Crippen molar-refractivity contribution >= 4 is 15.7 Å². The molecule has 1 aliphatic heterocycles. The van der Waals surface area contributed by atoms with Gasteiger partial charge < -0.3 is 5.73 Å². The molecule has 0 spiro atoms. The Bertz CT molecular complexity index is 654. The molecule has 0 amide bonds. The Labute approximate surface area is 129 Å². The predicted molar refractivity (Wildman–Crippen MR) is 82.1 cm³/mol. The smallest absolute Gasteiger partial charge is 0.270 e. The number of hydrogen-bond acceptors (Lipinski definition) is 6. The second-order valence-electron chi connectivity index (χ2n) is 5.24. The number of nitro groups is 1. The van der Waals surface area contributed by atoms with Crippen LogP contribution in [0, 0.1) is 17.0 Å². The predicted octanol–water partition coefficient (Wildman–Crippen LogP) is 0.168. The lowest BCUT2D eigenvalue weighted by atomic mass is 10.2. The molecular formula is C13H20N4O4S. The van der Waals surface area contributed by atoms with Gasteiger partial charge in [-0.3, -0.25) is 15.0 Å². The fraction of sp³-hybridized carbons (Fsp3) is 0.538. The van der Waals surface area contributed by atoms with Crippen molar-refractivity contribution in [2.75, 3.05) is 39.3 Å². The first kappa shape index (κ1) is 16.8. The number of non-ortho nitro benzene ring substituents is 1. The van der Waals surface area contributed by atoms with Crippen molar-refractivity contribution in [1.82, 2.24) is 9.21 Å². The molecule has 2 N–H and O–H groups in total. The van der Waals surface area contributed by atoms with E-state index in [4.69, 9.17) is 5.73 Å². The van der Waals surface area contributed by atoms with Gasteiger partial charge in [0.1, 0.15) is 0 Å². The van der Waals surface area contributed by atoms with Crippen LogP contribution in [-0.4, -0.2) is 61.8 Å². The highest BCUT2D eigenvalue weighted by molar-refractivity contribution is 7.89. The number of rotatable bonds is 5. The maximum Gasteiger partial charge on any atom is 0.270 e. The topological polar surface area (TPSA) is 110 Å². The Kier molecular flexibility index (Phi) is 5.12. The Morgan fingerprint density at radius 2 is 1.91 bits per heavy atom. The molecule has 1 aromatic carbocycles. The van der Waals surface area contributed by atoms with E-state index < -0.39 is 14.9 Å². The van der Waals surface area contributed by atoms with Gasteiger partial charge in [0.15, 0.2) is 0 Å². The third-order valence-corrected chi connectivity index (χ3v) is 5.82. The number of hydrogen-bond donors (Lipinski definition) is 1. The normalized spacial score (nSPS) is 17.5. The molecule has 0 aliphatic carbocycles. The van der Waals surface area contributed by atoms with Crippen molar-refractivity contribution in [3.63, 3.8) is 0 Å². The molecule has 0 saturated carbocycles. The van der Waals surface area contributed by atoms with Gasteiger partial charge in [-0.15, -0.1) is 0 Å². The molecule has 122 valence electrons. The van der Waals surface area contributed by atoms with Crippen molar-refractivity contribution in [2.24, 2.45) is 5.73 Å². The zero-order valence-electron chi connectivity index (χ0n) is 12.4. The molecule has 1 heterocycles. The van der Waals surface area contributed by atoms with E-state index in [9.17, 15) is 18.5 Å². The van der Waals surface area contributed by atoms with Gasteiger partial charge in [-0.2, -0.15) is 4.31 Å². The Morgan fingerprint density at radius 1 is 1.27 bits per heavy atom. The molecule has 8 nitrogen and oxygen atoms in total. The molecule has 0 radical (unpaired) electrons. The van der Waals surface area contributed by atoms with Crippen molar-refractivity contribution in [1.29, 1.82) is 0 Å². The zero-order valence-corrected chi connectivity index (χ0v) is 13.3. The largest absolute Gasteiger partial charge is 0.329 e. The van der Waals surface area contributed by atoms with Gasteiger partial charge in [0.25, 0.3) is 5.69 Å². The van der Waals surface area contributed by atoms with Gasteiger partial charge in [-0.25, -0.2) is 8.42 Å². The Balaban J connectivity index is 2.24. The van der Waals surface area contributed by atoms with Gasteiger partial charge in [-0.05, 0) is 12.5 Å². The van der Waals surface area contributed by atoms with Gasteiger partial charge in [-0.1, -0.05) is 6.07 Å². The molecule has 1 aromatic rings. The Morgan fingerprint density at radius 3 is 2.45 bits per heavy atom. The molecule has 9 heteroatoms. The lowest BCUT2D eigenvalue weighted by molar-refractivity contribution is -0.385. The molecule has 1 fully saturated rings. The van der Waals surface area contributed by atoms with Crippen LogP contribution in [0.3, 0.4) is 0 Å². The summed E-state index contributed by atoms with van der Waals surface area (Å²) in [4.78, 5) is 12.4. The first-order chi connectivity index (χ1) is 10.4. The van der Waals surface area contributed by atoms with E-state index in [0.29, 0.717) is 38.3 Å². The minimum Gasteiger partial charge on any atom is -0.329 e. The quantitative estimate of drug-likeness (QED) is 0.609. The Hall–Kier alpha value is -1.55. The SMILES string of the molecule is Cc1ccc([N+](=O)[O-])cc1S(=O)(=O)N1CCN(CCN)CC1. The summed E-state index contributed by atoms with van der Waals surface area (Å²) in [5, 5.41) is 10.9. The second kappa shape index (κ2) is 6.69. The van der Waals surface area contributed by atoms with E-state index >= 15 is 0 Å². The number of aryl methyl sites for hydroxylation is 1. The van der Waals surface area contributed by atoms with E-state index in [0.717, 1.165) is 12.6 Å². The van der Waals surface area contributed by atoms with Crippen LogP contribution in [0.4, 0.5) is 5.69 Å². The number of nitro benzene ring substituents is 1. The van der Waals surface area contributed by atoms with Crippen molar-refractivity contribution in [2.45, 2.75) is 11.8 Å². The second-order valence-corrected chi connectivity index (χ2v) is 7.15. The standard InChI is InChI=1S/C13H20N4O4S/c1-11-2-3-12(17(18)19)10-13(11)22(20,21)16-8-6-15(5-4-14)7-9-16/h2-3,10H,4-9,14H2,1H3. The van der Waals surface area contributed by atoms with E-state index in [1.165, 1.54) is 16.4 Å². The maximum atomic E-state index is 12.7. The van der Waals surface area contributed by atoms with Crippen LogP contribution in [0.5, 0.6) is 0 Å². The third-order valence-electron chi connectivity index (χ3n) is 3.78. The first-order valence-electron chi connectivity index (χ1n) is 7.04. The molecule has 0 aromatic heterocycles. The van der Waals surface area contributed by atoms with Crippen LogP contribution in [0.2, 0.25) is 0 Å². The summed E-state index contributed by atoms with van der Waals surface area (Å²) in [5.41, 5.74) is 5.79. The first-order valence-corrected chi connectivity index (χ1v) is 8.48. The van der Waals surface area contributed by atoms with Gasteiger partial charge >= 0.3 is 0 Å². The maximum absolute atomic E-state index is 12.7. The summed E-state index contributed by atoms with van der Waals surface area (Å²) in [6.07, 6.45) is 0. The third kappa shape index (κ3) is 3.43. The van der Waals surface area contributed by atoms with Crippen LogP contribution in [0.25, 0.3) is 0 Å².